The molecule has 0 aromatic heterocycles. The van der Waals surface area contributed by atoms with Gasteiger partial charge in [0.1, 0.15) is 5.75 Å². The topological polar surface area (TPSA) is 35.5 Å². The third kappa shape index (κ3) is 6.21. The molecule has 3 nitrogen and oxygen atoms in total. The van der Waals surface area contributed by atoms with Gasteiger partial charge in [0.15, 0.2) is 0 Å². The second-order valence-electron chi connectivity index (χ2n) is 11.1. The normalized spacial score (nSPS) is 16.1. The summed E-state index contributed by atoms with van der Waals surface area (Å²) in [7, 11) is -1.32. The maximum absolute atomic E-state index is 12.0. The summed E-state index contributed by atoms with van der Waals surface area (Å²) in [6.07, 6.45) is 10.6. The van der Waals surface area contributed by atoms with Crippen LogP contribution < -0.4 is 4.43 Å². The summed E-state index contributed by atoms with van der Waals surface area (Å²) in [4.78, 5) is 12.0. The van der Waals surface area contributed by atoms with Gasteiger partial charge in [0.2, 0.25) is 9.04 Å². The molecule has 0 spiro atoms. The maximum Gasteiger partial charge on any atom is 0.338 e. The van der Waals surface area contributed by atoms with Crippen molar-refractivity contribution in [2.24, 2.45) is 0 Å². The summed E-state index contributed by atoms with van der Waals surface area (Å²) in [5.41, 5.74) is 5.81. The van der Waals surface area contributed by atoms with Crippen LogP contribution in [0.4, 0.5) is 0 Å². The van der Waals surface area contributed by atoms with Crippen molar-refractivity contribution in [3.05, 3.63) is 64.2 Å². The van der Waals surface area contributed by atoms with Gasteiger partial charge in [-0.05, 0) is 66.9 Å². The zero-order valence-corrected chi connectivity index (χ0v) is 23.3. The van der Waals surface area contributed by atoms with E-state index in [9.17, 15) is 4.79 Å². The Labute approximate surface area is 208 Å². The molecule has 3 rings (SSSR count). The molecular weight excluding hydrogens is 436 g/mol. The number of carbonyl (C=O) groups is 1. The lowest BCUT2D eigenvalue weighted by atomic mass is 9.66. The van der Waals surface area contributed by atoms with Gasteiger partial charge in [0.25, 0.3) is 0 Å². The van der Waals surface area contributed by atoms with Crippen molar-refractivity contribution in [3.8, 4) is 5.75 Å². The van der Waals surface area contributed by atoms with Crippen LogP contribution in [-0.4, -0.2) is 21.6 Å². The molecule has 34 heavy (non-hydrogen) atoms. The molecular formula is C30H42O3Si. The van der Waals surface area contributed by atoms with Crippen LogP contribution in [0.3, 0.4) is 0 Å². The lowest BCUT2D eigenvalue weighted by Crippen LogP contribution is -2.31. The van der Waals surface area contributed by atoms with Gasteiger partial charge >= 0.3 is 5.97 Å². The van der Waals surface area contributed by atoms with E-state index in [1.807, 2.05) is 31.2 Å². The molecule has 184 valence electrons. The molecule has 0 N–H and O–H groups in total. The van der Waals surface area contributed by atoms with Crippen molar-refractivity contribution in [2.45, 2.75) is 90.6 Å². The van der Waals surface area contributed by atoms with E-state index in [2.05, 4.69) is 65.1 Å². The molecule has 4 heteroatoms. The number of rotatable bonds is 7. The van der Waals surface area contributed by atoms with E-state index in [0.717, 1.165) is 16.9 Å². The van der Waals surface area contributed by atoms with Crippen LogP contribution in [-0.2, 0) is 15.6 Å². The molecule has 1 aliphatic rings. The van der Waals surface area contributed by atoms with Gasteiger partial charge in [-0.15, -0.1) is 0 Å². The number of hydrogen-bond acceptors (Lipinski definition) is 3. The van der Waals surface area contributed by atoms with Gasteiger partial charge in [0, 0.05) is 11.1 Å². The van der Waals surface area contributed by atoms with Crippen LogP contribution in [0, 0.1) is 0 Å². The molecule has 0 aliphatic heterocycles. The molecule has 0 saturated heterocycles. The molecule has 0 amide bonds. The van der Waals surface area contributed by atoms with Gasteiger partial charge in [-0.2, -0.15) is 0 Å². The van der Waals surface area contributed by atoms with Crippen molar-refractivity contribution in [1.82, 2.24) is 0 Å². The monoisotopic (exact) mass is 478 g/mol. The van der Waals surface area contributed by atoms with E-state index < -0.39 is 9.04 Å². The number of ether oxygens (including phenoxy) is 1. The molecule has 0 heterocycles. The lowest BCUT2D eigenvalue weighted by molar-refractivity contribution is 0.0526. The first-order chi connectivity index (χ1) is 16.0. The molecule has 2 aromatic carbocycles. The summed E-state index contributed by atoms with van der Waals surface area (Å²) < 4.78 is 11.8. The van der Waals surface area contributed by atoms with Crippen LogP contribution in [0.25, 0.3) is 12.2 Å². The SMILES string of the molecule is CCOC(=O)c1ccc(C=Cc2ccc(C(C)(C)C)c(C3(C)CCCCC3)c2O[SiH](C)C)cc1. The van der Waals surface area contributed by atoms with Crippen LogP contribution in [0.5, 0.6) is 5.75 Å². The lowest BCUT2D eigenvalue weighted by Gasteiger charge is -2.40. The third-order valence-corrected chi connectivity index (χ3v) is 7.49. The highest BCUT2D eigenvalue weighted by molar-refractivity contribution is 6.49. The van der Waals surface area contributed by atoms with Crippen LogP contribution in [0.15, 0.2) is 36.4 Å². The largest absolute Gasteiger partial charge is 0.546 e. The molecule has 2 aromatic rings. The molecule has 1 aliphatic carbocycles. The van der Waals surface area contributed by atoms with Gasteiger partial charge in [-0.25, -0.2) is 4.79 Å². The highest BCUT2D eigenvalue weighted by Crippen LogP contribution is 2.49. The van der Waals surface area contributed by atoms with Crippen LogP contribution in [0.1, 0.15) is 99.3 Å². The van der Waals surface area contributed by atoms with Crippen LogP contribution in [0.2, 0.25) is 13.1 Å². The Balaban J connectivity index is 2.07. The number of hydrogen-bond donors (Lipinski definition) is 0. The minimum Gasteiger partial charge on any atom is -0.546 e. The Morgan fingerprint density at radius 2 is 1.65 bits per heavy atom. The smallest absolute Gasteiger partial charge is 0.338 e. The van der Waals surface area contributed by atoms with E-state index >= 15 is 0 Å². The summed E-state index contributed by atoms with van der Waals surface area (Å²) in [6.45, 7) is 16.1. The zero-order valence-electron chi connectivity index (χ0n) is 22.2. The quantitative estimate of drug-likeness (QED) is 0.230. The Morgan fingerprint density at radius 1 is 1.00 bits per heavy atom. The average molecular weight is 479 g/mol. The first-order valence-corrected chi connectivity index (χ1v) is 15.6. The maximum atomic E-state index is 12.0. The fourth-order valence-corrected chi connectivity index (χ4v) is 5.76. The van der Waals surface area contributed by atoms with Gasteiger partial charge < -0.3 is 9.16 Å². The minimum atomic E-state index is -1.32. The van der Waals surface area contributed by atoms with Crippen molar-refractivity contribution in [2.75, 3.05) is 6.61 Å². The van der Waals surface area contributed by atoms with Crippen molar-refractivity contribution in [1.29, 1.82) is 0 Å². The Bertz CT molecular complexity index is 1010. The standard InChI is InChI=1S/C30H42O3Si/c1-8-32-28(31)24-16-13-22(14-17-24)12-15-23-18-19-25(29(2,3)4)26(27(23)33-34(6)7)30(5)20-10-9-11-21-30/h12-19,34H,8-11,20-21H2,1-7H3. The highest BCUT2D eigenvalue weighted by Gasteiger charge is 2.37. The van der Waals surface area contributed by atoms with Gasteiger partial charge in [0.05, 0.1) is 12.2 Å². The Hall–Kier alpha value is -2.33. The molecule has 0 bridgehead atoms. The predicted octanol–water partition coefficient (Wildman–Crippen LogP) is 7.92. The van der Waals surface area contributed by atoms with Crippen molar-refractivity contribution >= 4 is 27.2 Å². The Kier molecular flexibility index (Phi) is 8.46. The molecule has 1 fully saturated rings. The van der Waals surface area contributed by atoms with E-state index in [-0.39, 0.29) is 16.8 Å². The van der Waals surface area contributed by atoms with E-state index in [4.69, 9.17) is 9.16 Å². The third-order valence-electron chi connectivity index (χ3n) is 6.79. The second-order valence-corrected chi connectivity index (χ2v) is 13.5. The second kappa shape index (κ2) is 10.9. The van der Waals surface area contributed by atoms with Crippen molar-refractivity contribution in [3.63, 3.8) is 0 Å². The zero-order chi connectivity index (χ0) is 24.9. The molecule has 0 unspecified atom stereocenters. The highest BCUT2D eigenvalue weighted by atomic mass is 28.3. The van der Waals surface area contributed by atoms with Crippen molar-refractivity contribution < 1.29 is 14.0 Å². The number of benzene rings is 2. The minimum absolute atomic E-state index is 0.0532. The fourth-order valence-electron chi connectivity index (χ4n) is 5.03. The summed E-state index contributed by atoms with van der Waals surface area (Å²) in [5, 5.41) is 0. The van der Waals surface area contributed by atoms with Gasteiger partial charge in [-0.1, -0.05) is 83.4 Å². The van der Waals surface area contributed by atoms with Gasteiger partial charge in [-0.3, -0.25) is 0 Å². The summed E-state index contributed by atoms with van der Waals surface area (Å²) in [5.74, 6) is 0.816. The van der Waals surface area contributed by atoms with Crippen LogP contribution >= 0.6 is 0 Å². The molecule has 0 atom stereocenters. The first-order valence-electron chi connectivity index (χ1n) is 12.8. The number of carbonyl (C=O) groups excluding carboxylic acids is 1. The van der Waals surface area contributed by atoms with E-state index in [0.29, 0.717) is 12.2 Å². The fraction of sp³-hybridized carbons (Fsp3) is 0.500. The average Bonchev–Trinajstić information content (AvgIpc) is 2.78. The predicted molar refractivity (Wildman–Crippen MR) is 146 cm³/mol. The van der Waals surface area contributed by atoms with E-state index in [1.165, 1.54) is 43.2 Å². The number of esters is 1. The molecule has 0 radical (unpaired) electrons. The van der Waals surface area contributed by atoms with E-state index in [1.54, 1.807) is 0 Å². The summed E-state index contributed by atoms with van der Waals surface area (Å²) in [6, 6.07) is 12.1. The summed E-state index contributed by atoms with van der Waals surface area (Å²) >= 11 is 0. The first kappa shape index (κ1) is 26.3. The molecule has 1 saturated carbocycles. The Morgan fingerprint density at radius 3 is 2.21 bits per heavy atom.